The maximum atomic E-state index is 13.8. The van der Waals surface area contributed by atoms with Gasteiger partial charge in [-0.15, -0.1) is 0 Å². The predicted molar refractivity (Wildman–Crippen MR) is 127 cm³/mol. The fourth-order valence-electron chi connectivity index (χ4n) is 6.27. The monoisotopic (exact) mass is 499 g/mol. The number of morpholine rings is 1. The van der Waals surface area contributed by atoms with Crippen LogP contribution in [0, 0.1) is 11.8 Å². The Kier molecular flexibility index (Phi) is 5.62. The number of phenols is 1. The number of aliphatic hydroxyl groups is 3. The van der Waals surface area contributed by atoms with Crippen LogP contribution >= 0.6 is 0 Å². The number of primary amides is 1. The van der Waals surface area contributed by atoms with E-state index in [-0.39, 0.29) is 29.7 Å². The van der Waals surface area contributed by atoms with Crippen molar-refractivity contribution >= 4 is 28.9 Å². The number of ketones is 2. The summed E-state index contributed by atoms with van der Waals surface area (Å²) in [6.07, 6.45) is 0.337. The third-order valence-corrected chi connectivity index (χ3v) is 7.92. The molecule has 1 aromatic carbocycles. The van der Waals surface area contributed by atoms with Crippen LogP contribution in [0.3, 0.4) is 0 Å². The number of likely N-dealkylation sites (N-methyl/N-ethyl adjacent to an activating group) is 1. The number of ether oxygens (including phenoxy) is 1. The van der Waals surface area contributed by atoms with E-state index in [2.05, 4.69) is 0 Å². The van der Waals surface area contributed by atoms with Crippen LogP contribution < -0.4 is 10.6 Å². The molecule has 4 atom stereocenters. The highest BCUT2D eigenvalue weighted by Gasteiger charge is 2.64. The Hall–Kier alpha value is -3.41. The van der Waals surface area contributed by atoms with Gasteiger partial charge in [-0.25, -0.2) is 0 Å². The van der Waals surface area contributed by atoms with Gasteiger partial charge >= 0.3 is 0 Å². The van der Waals surface area contributed by atoms with Gasteiger partial charge in [0.2, 0.25) is 5.78 Å². The molecule has 1 aliphatic heterocycles. The molecular weight excluding hydrogens is 470 g/mol. The van der Waals surface area contributed by atoms with Gasteiger partial charge in [0.05, 0.1) is 30.5 Å². The first-order valence-electron chi connectivity index (χ1n) is 11.8. The minimum atomic E-state index is -2.64. The van der Waals surface area contributed by atoms with Gasteiger partial charge < -0.3 is 35.8 Å². The van der Waals surface area contributed by atoms with Crippen molar-refractivity contribution in [2.75, 3.05) is 45.3 Å². The van der Waals surface area contributed by atoms with Crippen LogP contribution in [0.25, 0.3) is 5.76 Å². The molecule has 1 saturated heterocycles. The summed E-state index contributed by atoms with van der Waals surface area (Å²) in [5.41, 5.74) is 2.92. The standard InChI is InChI=1S/C25H29N3O8/c1-27(2)18-13-10-12-9-11-3-4-14(28-5-7-36-8-6-28)19(29)15(11)20(30)16(12)22(32)25(13,35)23(33)17(21(18)31)24(26)34/h3-4,12-13,18,29-30,33,35H,5-10H2,1-2H3,(H2,26,34). The third-order valence-electron chi connectivity index (χ3n) is 7.92. The number of benzene rings is 1. The highest BCUT2D eigenvalue weighted by atomic mass is 16.5. The molecule has 5 rings (SSSR count). The number of anilines is 1. The molecule has 3 aliphatic carbocycles. The van der Waals surface area contributed by atoms with Crippen LogP contribution in [0.4, 0.5) is 5.69 Å². The molecule has 0 radical (unpaired) electrons. The fourth-order valence-corrected chi connectivity index (χ4v) is 6.27. The summed E-state index contributed by atoms with van der Waals surface area (Å²) in [5, 5.41) is 44.9. The van der Waals surface area contributed by atoms with Crippen LogP contribution in [-0.2, 0) is 25.5 Å². The first kappa shape index (κ1) is 24.3. The number of phenolic OH excluding ortho intramolecular Hbond substituents is 1. The Bertz CT molecular complexity index is 1250. The summed E-state index contributed by atoms with van der Waals surface area (Å²) in [4.78, 5) is 42.4. The van der Waals surface area contributed by atoms with Gasteiger partial charge in [-0.1, -0.05) is 6.07 Å². The van der Waals surface area contributed by atoms with E-state index in [0.717, 1.165) is 0 Å². The average molecular weight is 500 g/mol. The highest BCUT2D eigenvalue weighted by molar-refractivity contribution is 6.24. The summed E-state index contributed by atoms with van der Waals surface area (Å²) < 4.78 is 5.37. The Morgan fingerprint density at radius 1 is 1.17 bits per heavy atom. The molecule has 1 saturated carbocycles. The molecule has 2 fully saturated rings. The maximum Gasteiger partial charge on any atom is 0.255 e. The van der Waals surface area contributed by atoms with Crippen LogP contribution in [-0.4, -0.2) is 94.8 Å². The number of rotatable bonds is 3. The Labute approximate surface area is 207 Å². The van der Waals surface area contributed by atoms with Crippen molar-refractivity contribution in [2.24, 2.45) is 17.6 Å². The summed E-state index contributed by atoms with van der Waals surface area (Å²) >= 11 is 0. The van der Waals surface area contributed by atoms with Gasteiger partial charge in [-0.3, -0.25) is 19.3 Å². The zero-order chi connectivity index (χ0) is 26.1. The van der Waals surface area contributed by atoms with Crippen LogP contribution in [0.15, 0.2) is 29.0 Å². The van der Waals surface area contributed by atoms with Gasteiger partial charge in [-0.05, 0) is 44.5 Å². The zero-order valence-electron chi connectivity index (χ0n) is 20.0. The first-order valence-corrected chi connectivity index (χ1v) is 11.8. The second-order valence-corrected chi connectivity index (χ2v) is 10.0. The van der Waals surface area contributed by atoms with E-state index in [1.165, 1.54) is 4.90 Å². The number of aliphatic hydroxyl groups excluding tert-OH is 2. The SMILES string of the molecule is CN(C)C1C(=O)C(C(N)=O)=C(O)C2(O)C(=O)C3=C(O)c4c(ccc(N5CCOCC5)c4O)CC3CC12. The van der Waals surface area contributed by atoms with Crippen molar-refractivity contribution in [3.05, 3.63) is 40.2 Å². The molecule has 0 spiro atoms. The lowest BCUT2D eigenvalue weighted by Gasteiger charge is -2.50. The van der Waals surface area contributed by atoms with E-state index < -0.39 is 58.0 Å². The lowest BCUT2D eigenvalue weighted by molar-refractivity contribution is -0.153. The molecule has 6 N–H and O–H groups in total. The highest BCUT2D eigenvalue weighted by Crippen LogP contribution is 2.53. The molecule has 11 heteroatoms. The number of carbonyl (C=O) groups excluding carboxylic acids is 3. The molecule has 11 nitrogen and oxygen atoms in total. The van der Waals surface area contributed by atoms with Crippen LogP contribution in [0.1, 0.15) is 17.5 Å². The van der Waals surface area contributed by atoms with Crippen molar-refractivity contribution in [2.45, 2.75) is 24.5 Å². The number of aromatic hydroxyl groups is 1. The summed E-state index contributed by atoms with van der Waals surface area (Å²) in [6.45, 7) is 2.05. The molecule has 192 valence electrons. The topological polar surface area (TPSA) is 174 Å². The number of fused-ring (bicyclic) bond motifs is 3. The lowest BCUT2D eigenvalue weighted by Crippen LogP contribution is -2.65. The first-order chi connectivity index (χ1) is 17.0. The zero-order valence-corrected chi connectivity index (χ0v) is 20.0. The van der Waals surface area contributed by atoms with Crippen molar-refractivity contribution in [1.29, 1.82) is 0 Å². The molecule has 4 aliphatic rings. The second kappa shape index (κ2) is 8.32. The number of nitrogens with two attached hydrogens (primary N) is 1. The maximum absolute atomic E-state index is 13.8. The van der Waals surface area contributed by atoms with Gasteiger partial charge in [-0.2, -0.15) is 0 Å². The van der Waals surface area contributed by atoms with Gasteiger partial charge in [0, 0.05) is 24.6 Å². The van der Waals surface area contributed by atoms with E-state index in [1.807, 2.05) is 4.90 Å². The summed E-state index contributed by atoms with van der Waals surface area (Å²) in [7, 11) is 3.14. The third kappa shape index (κ3) is 3.19. The molecule has 0 aromatic heterocycles. The van der Waals surface area contributed by atoms with Gasteiger partial charge in [0.25, 0.3) is 5.91 Å². The van der Waals surface area contributed by atoms with Crippen molar-refractivity contribution in [3.63, 3.8) is 0 Å². The second-order valence-electron chi connectivity index (χ2n) is 10.0. The minimum absolute atomic E-state index is 0.0672. The van der Waals surface area contributed by atoms with Crippen molar-refractivity contribution in [3.8, 4) is 5.75 Å². The Morgan fingerprint density at radius 3 is 2.44 bits per heavy atom. The molecule has 36 heavy (non-hydrogen) atoms. The summed E-state index contributed by atoms with van der Waals surface area (Å²) in [5.74, 6) is -6.48. The molecule has 4 unspecified atom stereocenters. The van der Waals surface area contributed by atoms with Crippen molar-refractivity contribution < 1.29 is 39.5 Å². The van der Waals surface area contributed by atoms with Gasteiger partial charge in [0.15, 0.2) is 11.4 Å². The largest absolute Gasteiger partial charge is 0.508 e. The number of hydrogen-bond donors (Lipinski definition) is 5. The number of Topliss-reactive ketones (excluding diaryl/α,β-unsaturated/α-hetero) is 2. The lowest BCUT2D eigenvalue weighted by atomic mass is 9.57. The Morgan fingerprint density at radius 2 is 1.83 bits per heavy atom. The van der Waals surface area contributed by atoms with E-state index in [0.29, 0.717) is 37.6 Å². The number of amides is 1. The van der Waals surface area contributed by atoms with Crippen LogP contribution in [0.2, 0.25) is 0 Å². The number of hydrogen-bond acceptors (Lipinski definition) is 10. The average Bonchev–Trinajstić information content (AvgIpc) is 2.81. The molecule has 0 bridgehead atoms. The molecule has 1 aromatic rings. The van der Waals surface area contributed by atoms with E-state index in [1.54, 1.807) is 26.2 Å². The van der Waals surface area contributed by atoms with E-state index >= 15 is 0 Å². The fraction of sp³-hybridized carbons (Fsp3) is 0.480. The molecule has 1 heterocycles. The number of nitrogens with zero attached hydrogens (tertiary/aromatic N) is 2. The molecular formula is C25H29N3O8. The Balaban J connectivity index is 1.67. The normalized spacial score (nSPS) is 30.3. The molecule has 1 amide bonds. The van der Waals surface area contributed by atoms with E-state index in [9.17, 15) is 34.8 Å². The van der Waals surface area contributed by atoms with E-state index in [4.69, 9.17) is 10.5 Å². The summed E-state index contributed by atoms with van der Waals surface area (Å²) in [6, 6.07) is 2.45. The van der Waals surface area contributed by atoms with Crippen molar-refractivity contribution in [1.82, 2.24) is 4.90 Å². The smallest absolute Gasteiger partial charge is 0.255 e. The van der Waals surface area contributed by atoms with Gasteiger partial charge in [0.1, 0.15) is 22.8 Å². The minimum Gasteiger partial charge on any atom is -0.508 e. The van der Waals surface area contributed by atoms with Crippen LogP contribution in [0.5, 0.6) is 5.75 Å². The number of carbonyl (C=O) groups is 3. The quantitative estimate of drug-likeness (QED) is 0.350. The predicted octanol–water partition coefficient (Wildman–Crippen LogP) is -0.199.